The van der Waals surface area contributed by atoms with E-state index in [1.54, 1.807) is 42.4 Å². The first-order chi connectivity index (χ1) is 20.5. The Morgan fingerprint density at radius 2 is 1.81 bits per heavy atom. The summed E-state index contributed by atoms with van der Waals surface area (Å²) in [4.78, 5) is 66.2. The van der Waals surface area contributed by atoms with Gasteiger partial charge in [0.05, 0.1) is 5.52 Å². The number of aromatic nitrogens is 5. The molecule has 6 rings (SSSR count). The zero-order chi connectivity index (χ0) is 30.5. The van der Waals surface area contributed by atoms with E-state index in [0.717, 1.165) is 11.1 Å². The molecule has 1 aliphatic heterocycles. The van der Waals surface area contributed by atoms with Crippen LogP contribution >= 0.6 is 15.9 Å². The van der Waals surface area contributed by atoms with E-state index in [1.807, 2.05) is 18.2 Å². The van der Waals surface area contributed by atoms with E-state index in [2.05, 4.69) is 46.6 Å². The molecule has 1 aromatic carbocycles. The Hall–Kier alpha value is -4.52. The lowest BCUT2D eigenvalue weighted by molar-refractivity contribution is -0.138. The minimum absolute atomic E-state index is 0.164. The number of nitrogens with zero attached hydrogens (tertiary/aromatic N) is 6. The molecule has 3 aromatic heterocycles. The van der Waals surface area contributed by atoms with E-state index in [0.29, 0.717) is 46.5 Å². The van der Waals surface area contributed by atoms with Crippen molar-refractivity contribution in [2.75, 3.05) is 11.9 Å². The molecule has 4 heterocycles. The number of amides is 3. The first-order valence-electron chi connectivity index (χ1n) is 13.8. The van der Waals surface area contributed by atoms with Gasteiger partial charge in [-0.25, -0.2) is 15.0 Å². The van der Waals surface area contributed by atoms with Crippen molar-refractivity contribution in [1.29, 1.82) is 0 Å². The van der Waals surface area contributed by atoms with Crippen LogP contribution in [0.4, 0.5) is 5.82 Å². The minimum Gasteiger partial charge on any atom is -0.356 e. The van der Waals surface area contributed by atoms with Crippen LogP contribution in [0.25, 0.3) is 22.0 Å². The molecule has 12 nitrogen and oxygen atoms in total. The number of rotatable bonds is 8. The number of hydrogen-bond donors (Lipinski definition) is 2. The third kappa shape index (κ3) is 5.52. The number of carbonyl (C=O) groups is 4. The molecule has 2 N–H and O–H groups in total. The second-order valence-corrected chi connectivity index (χ2v) is 12.0. The Labute approximate surface area is 255 Å². The molecule has 13 heteroatoms. The molecular formula is C30H29BrN8O4. The Kier molecular flexibility index (Phi) is 7.28. The topological polar surface area (TPSA) is 152 Å². The summed E-state index contributed by atoms with van der Waals surface area (Å²) in [6.45, 7) is 4.90. The van der Waals surface area contributed by atoms with E-state index in [1.165, 1.54) is 18.5 Å². The van der Waals surface area contributed by atoms with Crippen molar-refractivity contribution in [3.05, 3.63) is 64.9 Å². The summed E-state index contributed by atoms with van der Waals surface area (Å²) in [6, 6.07) is 9.76. The summed E-state index contributed by atoms with van der Waals surface area (Å²) in [6.07, 6.45) is 4.52. The third-order valence-electron chi connectivity index (χ3n) is 8.15. The predicted octanol–water partition coefficient (Wildman–Crippen LogP) is 3.30. The zero-order valence-corrected chi connectivity index (χ0v) is 25.4. The molecule has 3 amide bonds. The number of nitrogens with one attached hydrogen (secondary N) is 2. The van der Waals surface area contributed by atoms with Gasteiger partial charge in [0.25, 0.3) is 0 Å². The first kappa shape index (κ1) is 28.6. The highest BCUT2D eigenvalue weighted by Crippen LogP contribution is 2.59. The van der Waals surface area contributed by atoms with Gasteiger partial charge in [0, 0.05) is 55.2 Å². The number of likely N-dealkylation sites (tertiary alicyclic amines) is 1. The minimum atomic E-state index is -0.761. The number of halogens is 1. The molecule has 0 bridgehead atoms. The van der Waals surface area contributed by atoms with Crippen molar-refractivity contribution in [3.8, 4) is 11.1 Å². The van der Waals surface area contributed by atoms with E-state index >= 15 is 0 Å². The van der Waals surface area contributed by atoms with Gasteiger partial charge in [-0.1, -0.05) is 12.1 Å². The van der Waals surface area contributed by atoms with Gasteiger partial charge in [-0.3, -0.25) is 23.9 Å². The van der Waals surface area contributed by atoms with Crippen molar-refractivity contribution in [3.63, 3.8) is 0 Å². The highest BCUT2D eigenvalue weighted by atomic mass is 79.9. The fourth-order valence-electron chi connectivity index (χ4n) is 5.95. The largest absolute Gasteiger partial charge is 0.356 e. The SMILES string of the molecule is CC(=O)NC[C@@]12C[C@@H](C(=O)Nc3cccc(Br)n3)N(C(=O)Cn3nc(C(C)=O)c4cc(-c5cnc(C)nc5)ccc43)[C@@H]1C2. The van der Waals surface area contributed by atoms with Crippen molar-refractivity contribution in [1.82, 2.24) is 34.9 Å². The number of ketones is 1. The molecule has 4 aromatic rings. The highest BCUT2D eigenvalue weighted by Gasteiger charge is 2.67. The van der Waals surface area contributed by atoms with Crippen LogP contribution in [0.3, 0.4) is 0 Å². The fourth-order valence-corrected chi connectivity index (χ4v) is 6.29. The summed E-state index contributed by atoms with van der Waals surface area (Å²) in [5.74, 6) is -0.0371. The van der Waals surface area contributed by atoms with Gasteiger partial charge < -0.3 is 15.5 Å². The molecule has 0 spiro atoms. The molecular weight excluding hydrogens is 616 g/mol. The number of benzene rings is 1. The summed E-state index contributed by atoms with van der Waals surface area (Å²) in [5.41, 5.74) is 2.10. The monoisotopic (exact) mass is 644 g/mol. The first-order valence-corrected chi connectivity index (χ1v) is 14.6. The van der Waals surface area contributed by atoms with E-state index in [9.17, 15) is 19.2 Å². The fraction of sp³-hybridized carbons (Fsp3) is 0.333. The van der Waals surface area contributed by atoms with Crippen molar-refractivity contribution >= 4 is 56.2 Å². The number of Topliss-reactive ketones (excluding diaryl/α,β-unsaturated/α-hetero) is 1. The third-order valence-corrected chi connectivity index (χ3v) is 8.59. The maximum Gasteiger partial charge on any atom is 0.248 e. The van der Waals surface area contributed by atoms with Crippen LogP contribution in [0, 0.1) is 12.3 Å². The normalized spacial score (nSPS) is 20.5. The molecule has 1 aliphatic carbocycles. The van der Waals surface area contributed by atoms with E-state index in [4.69, 9.17) is 0 Å². The van der Waals surface area contributed by atoms with Gasteiger partial charge in [0.15, 0.2) is 5.78 Å². The number of carbonyl (C=O) groups excluding carboxylic acids is 4. The summed E-state index contributed by atoms with van der Waals surface area (Å²) in [5, 5.41) is 10.8. The van der Waals surface area contributed by atoms with Gasteiger partial charge in [-0.05, 0) is 65.5 Å². The van der Waals surface area contributed by atoms with Gasteiger partial charge in [-0.2, -0.15) is 5.10 Å². The summed E-state index contributed by atoms with van der Waals surface area (Å²) in [7, 11) is 0. The number of pyridine rings is 1. The van der Waals surface area contributed by atoms with Gasteiger partial charge in [0.1, 0.15) is 34.5 Å². The zero-order valence-electron chi connectivity index (χ0n) is 23.8. The lowest BCUT2D eigenvalue weighted by atomic mass is 9.99. The maximum atomic E-state index is 14.0. The van der Waals surface area contributed by atoms with Gasteiger partial charge >= 0.3 is 0 Å². The summed E-state index contributed by atoms with van der Waals surface area (Å²) >= 11 is 3.31. The molecule has 3 atom stereocenters. The van der Waals surface area contributed by atoms with Gasteiger partial charge in [0.2, 0.25) is 17.7 Å². The molecule has 43 heavy (non-hydrogen) atoms. The number of anilines is 1. The van der Waals surface area contributed by atoms with Crippen molar-refractivity contribution in [2.24, 2.45) is 5.41 Å². The summed E-state index contributed by atoms with van der Waals surface area (Å²) < 4.78 is 2.09. The van der Waals surface area contributed by atoms with Crippen molar-refractivity contribution < 1.29 is 19.2 Å². The van der Waals surface area contributed by atoms with E-state index < -0.39 is 6.04 Å². The molecule has 0 radical (unpaired) electrons. The number of hydrogen-bond acceptors (Lipinski definition) is 8. The highest BCUT2D eigenvalue weighted by molar-refractivity contribution is 9.10. The lowest BCUT2D eigenvalue weighted by Gasteiger charge is -2.27. The molecule has 220 valence electrons. The van der Waals surface area contributed by atoms with Crippen LogP contribution in [0.1, 0.15) is 43.0 Å². The number of piperidine rings is 1. The molecule has 0 unspecified atom stereocenters. The Balaban J connectivity index is 1.30. The Morgan fingerprint density at radius 1 is 1.05 bits per heavy atom. The van der Waals surface area contributed by atoms with Crippen LogP contribution in [-0.4, -0.2) is 71.8 Å². The van der Waals surface area contributed by atoms with E-state index in [-0.39, 0.29) is 47.2 Å². The van der Waals surface area contributed by atoms with Crippen LogP contribution in [0.2, 0.25) is 0 Å². The van der Waals surface area contributed by atoms with Gasteiger partial charge in [-0.15, -0.1) is 0 Å². The molecule has 2 fully saturated rings. The smallest absolute Gasteiger partial charge is 0.248 e. The average Bonchev–Trinajstić information content (AvgIpc) is 3.39. The Morgan fingerprint density at radius 3 is 2.51 bits per heavy atom. The standard InChI is InChI=1S/C30H29BrN8O4/c1-16(40)28-21-9-19(20-12-32-17(2)33-13-20)7-8-22(21)38(37-28)14-27(42)39-23(10-30(11-24(30)39)15-34-18(3)41)29(43)36-26-6-4-5-25(31)35-26/h4-9,12-13,23-24H,10-11,14-15H2,1-3H3,(H,34,41)(H,35,36,43)/t23-,24+,30-/m0/s1. The maximum absolute atomic E-state index is 14.0. The second kappa shape index (κ2) is 11.0. The van der Waals surface area contributed by atoms with Crippen molar-refractivity contribution in [2.45, 2.75) is 52.2 Å². The van der Waals surface area contributed by atoms with Crippen LogP contribution in [0.5, 0.6) is 0 Å². The van der Waals surface area contributed by atoms with Crippen LogP contribution in [-0.2, 0) is 20.9 Å². The van der Waals surface area contributed by atoms with Crippen LogP contribution < -0.4 is 10.6 Å². The molecule has 2 aliphatic rings. The number of aryl methyl sites for hydroxylation is 1. The average molecular weight is 646 g/mol. The molecule has 1 saturated carbocycles. The molecule has 1 saturated heterocycles. The quantitative estimate of drug-likeness (QED) is 0.219. The Bertz CT molecular complexity index is 1790. The lowest BCUT2D eigenvalue weighted by Crippen LogP contribution is -2.46. The number of fused-ring (bicyclic) bond motifs is 2. The second-order valence-electron chi connectivity index (χ2n) is 11.2. The predicted molar refractivity (Wildman–Crippen MR) is 161 cm³/mol. The van der Waals surface area contributed by atoms with Crippen LogP contribution in [0.15, 0.2) is 53.4 Å².